The van der Waals surface area contributed by atoms with Crippen LogP contribution in [0.2, 0.25) is 0 Å². The van der Waals surface area contributed by atoms with Crippen LogP contribution in [0, 0.1) is 12.8 Å². The van der Waals surface area contributed by atoms with Crippen molar-refractivity contribution in [1.82, 2.24) is 10.6 Å². The smallest absolute Gasteiger partial charge is 0.230 e. The minimum Gasteiger partial charge on any atom is -0.354 e. The van der Waals surface area contributed by atoms with Crippen LogP contribution in [0.4, 0.5) is 0 Å². The van der Waals surface area contributed by atoms with Crippen LogP contribution in [-0.4, -0.2) is 30.7 Å². The number of carbonyl (C=O) groups excluding carboxylic acids is 2. The Morgan fingerprint density at radius 2 is 1.90 bits per heavy atom. The molecule has 4 nitrogen and oxygen atoms in total. The van der Waals surface area contributed by atoms with Crippen LogP contribution in [-0.2, 0) is 9.59 Å². The van der Waals surface area contributed by atoms with E-state index in [0.29, 0.717) is 18.8 Å². The zero-order valence-electron chi connectivity index (χ0n) is 12.5. The van der Waals surface area contributed by atoms with Crippen molar-refractivity contribution < 1.29 is 9.59 Å². The van der Waals surface area contributed by atoms with Crippen LogP contribution >= 0.6 is 27.7 Å². The number of rotatable bonds is 7. The average Bonchev–Trinajstić information content (AvgIpc) is 2.42. The normalized spacial score (nSPS) is 10.5. The quantitative estimate of drug-likeness (QED) is 0.571. The van der Waals surface area contributed by atoms with Crippen molar-refractivity contribution in [1.29, 1.82) is 0 Å². The molecule has 0 saturated heterocycles. The first kappa shape index (κ1) is 18.0. The van der Waals surface area contributed by atoms with Gasteiger partial charge in [0, 0.05) is 28.4 Å². The lowest BCUT2D eigenvalue weighted by atomic mass is 10.2. The predicted molar refractivity (Wildman–Crippen MR) is 90.5 cm³/mol. The Bertz CT molecular complexity index is 506. The van der Waals surface area contributed by atoms with E-state index in [1.54, 1.807) is 0 Å². The van der Waals surface area contributed by atoms with Gasteiger partial charge in [-0.3, -0.25) is 9.59 Å². The molecule has 0 aliphatic heterocycles. The van der Waals surface area contributed by atoms with Gasteiger partial charge < -0.3 is 10.6 Å². The summed E-state index contributed by atoms with van der Waals surface area (Å²) in [5.74, 6) is 0.322. The van der Waals surface area contributed by atoms with Crippen molar-refractivity contribution in [2.75, 3.05) is 18.8 Å². The Balaban J connectivity index is 2.24. The molecule has 2 amide bonds. The van der Waals surface area contributed by atoms with Gasteiger partial charge in [-0.2, -0.15) is 0 Å². The van der Waals surface area contributed by atoms with Crippen LogP contribution in [0.1, 0.15) is 19.4 Å². The van der Waals surface area contributed by atoms with Gasteiger partial charge in [-0.15, -0.1) is 11.8 Å². The molecular weight excluding hydrogens is 352 g/mol. The molecule has 116 valence electrons. The highest BCUT2D eigenvalue weighted by atomic mass is 79.9. The van der Waals surface area contributed by atoms with Gasteiger partial charge in [0.1, 0.15) is 0 Å². The third-order valence-electron chi connectivity index (χ3n) is 2.77. The predicted octanol–water partition coefficient (Wildman–Crippen LogP) is 2.74. The van der Waals surface area contributed by atoms with E-state index < -0.39 is 0 Å². The highest BCUT2D eigenvalue weighted by molar-refractivity contribution is 9.10. The van der Waals surface area contributed by atoms with Crippen LogP contribution in [0.3, 0.4) is 0 Å². The second kappa shape index (κ2) is 9.10. The maximum atomic E-state index is 11.7. The van der Waals surface area contributed by atoms with Crippen LogP contribution in [0.5, 0.6) is 0 Å². The summed E-state index contributed by atoms with van der Waals surface area (Å²) in [6.45, 7) is 6.62. The van der Waals surface area contributed by atoms with E-state index in [9.17, 15) is 9.59 Å². The molecule has 0 saturated carbocycles. The Morgan fingerprint density at radius 1 is 1.24 bits per heavy atom. The van der Waals surface area contributed by atoms with Gasteiger partial charge in [-0.25, -0.2) is 0 Å². The maximum Gasteiger partial charge on any atom is 0.230 e. The Labute approximate surface area is 138 Å². The van der Waals surface area contributed by atoms with Crippen molar-refractivity contribution in [3.05, 3.63) is 28.2 Å². The maximum absolute atomic E-state index is 11.7. The summed E-state index contributed by atoms with van der Waals surface area (Å²) in [5.41, 5.74) is 1.14. The van der Waals surface area contributed by atoms with E-state index in [4.69, 9.17) is 0 Å². The molecule has 0 spiro atoms. The topological polar surface area (TPSA) is 58.2 Å². The highest BCUT2D eigenvalue weighted by Gasteiger charge is 2.07. The van der Waals surface area contributed by atoms with E-state index in [2.05, 4.69) is 26.6 Å². The largest absolute Gasteiger partial charge is 0.354 e. The molecule has 0 radical (unpaired) electrons. The van der Waals surface area contributed by atoms with E-state index in [-0.39, 0.29) is 17.7 Å². The van der Waals surface area contributed by atoms with Gasteiger partial charge >= 0.3 is 0 Å². The summed E-state index contributed by atoms with van der Waals surface area (Å²) >= 11 is 4.93. The molecule has 2 N–H and O–H groups in total. The second-order valence-electron chi connectivity index (χ2n) is 4.99. The molecule has 0 unspecified atom stereocenters. The summed E-state index contributed by atoms with van der Waals surface area (Å²) in [7, 11) is 0. The molecule has 1 aromatic rings. The monoisotopic (exact) mass is 372 g/mol. The first-order valence-electron chi connectivity index (χ1n) is 6.83. The van der Waals surface area contributed by atoms with Gasteiger partial charge in [0.05, 0.1) is 5.75 Å². The number of amides is 2. The highest BCUT2D eigenvalue weighted by Crippen LogP contribution is 2.24. The molecule has 0 heterocycles. The summed E-state index contributed by atoms with van der Waals surface area (Å²) in [5, 5.41) is 5.56. The molecular formula is C15H21BrN2O2S. The number of hydrogen-bond acceptors (Lipinski definition) is 3. The zero-order valence-corrected chi connectivity index (χ0v) is 14.9. The molecule has 1 aromatic carbocycles. The lowest BCUT2D eigenvalue weighted by Gasteiger charge is -2.09. The lowest BCUT2D eigenvalue weighted by molar-refractivity contribution is -0.124. The Morgan fingerprint density at radius 3 is 2.52 bits per heavy atom. The fraction of sp³-hybridized carbons (Fsp3) is 0.467. The van der Waals surface area contributed by atoms with Crippen molar-refractivity contribution in [2.45, 2.75) is 25.7 Å². The van der Waals surface area contributed by atoms with Gasteiger partial charge in [-0.05, 0) is 30.7 Å². The average molecular weight is 373 g/mol. The van der Waals surface area contributed by atoms with Crippen LogP contribution < -0.4 is 10.6 Å². The molecule has 21 heavy (non-hydrogen) atoms. The molecule has 0 aromatic heterocycles. The Hall–Kier alpha value is -1.01. The van der Waals surface area contributed by atoms with E-state index in [1.165, 1.54) is 11.8 Å². The third kappa shape index (κ3) is 7.00. The summed E-state index contributed by atoms with van der Waals surface area (Å²) in [4.78, 5) is 24.1. The van der Waals surface area contributed by atoms with Gasteiger partial charge in [0.15, 0.2) is 0 Å². The number of thioether (sulfide) groups is 1. The number of hydrogen-bond donors (Lipinski definition) is 2. The fourth-order valence-electron chi connectivity index (χ4n) is 1.56. The number of nitrogens with one attached hydrogen (secondary N) is 2. The molecule has 6 heteroatoms. The van der Waals surface area contributed by atoms with Crippen molar-refractivity contribution >= 4 is 39.5 Å². The first-order valence-corrected chi connectivity index (χ1v) is 8.61. The van der Waals surface area contributed by atoms with E-state index in [1.807, 2.05) is 39.0 Å². The standard InChI is InChI=1S/C15H21BrN2O2S/c1-10(2)15(20)18-7-6-17-14(19)9-21-13-5-4-12(16)8-11(13)3/h4-5,8,10H,6-7,9H2,1-3H3,(H,17,19)(H,18,20). The lowest BCUT2D eigenvalue weighted by Crippen LogP contribution is -2.36. The first-order chi connectivity index (χ1) is 9.90. The second-order valence-corrected chi connectivity index (χ2v) is 6.93. The number of carbonyl (C=O) groups is 2. The molecule has 0 fully saturated rings. The van der Waals surface area contributed by atoms with Crippen LogP contribution in [0.15, 0.2) is 27.6 Å². The molecule has 0 aliphatic rings. The molecule has 1 rings (SSSR count). The third-order valence-corrected chi connectivity index (χ3v) is 4.44. The zero-order chi connectivity index (χ0) is 15.8. The van der Waals surface area contributed by atoms with Gasteiger partial charge in [0.2, 0.25) is 11.8 Å². The molecule has 0 atom stereocenters. The Kier molecular flexibility index (Phi) is 7.82. The fourth-order valence-corrected chi connectivity index (χ4v) is 2.88. The van der Waals surface area contributed by atoms with Crippen molar-refractivity contribution in [2.24, 2.45) is 5.92 Å². The number of halogens is 1. The summed E-state index contributed by atoms with van der Waals surface area (Å²) in [6.07, 6.45) is 0. The SMILES string of the molecule is Cc1cc(Br)ccc1SCC(=O)NCCNC(=O)C(C)C. The van der Waals surface area contributed by atoms with Crippen LogP contribution in [0.25, 0.3) is 0 Å². The minimum atomic E-state index is -0.0309. The van der Waals surface area contributed by atoms with Gasteiger partial charge in [-0.1, -0.05) is 29.8 Å². The summed E-state index contributed by atoms with van der Waals surface area (Å²) in [6, 6.07) is 6.00. The molecule has 0 aliphatic carbocycles. The van der Waals surface area contributed by atoms with E-state index in [0.717, 1.165) is 14.9 Å². The molecule has 0 bridgehead atoms. The van der Waals surface area contributed by atoms with Crippen molar-refractivity contribution in [3.8, 4) is 0 Å². The van der Waals surface area contributed by atoms with Crippen molar-refractivity contribution in [3.63, 3.8) is 0 Å². The van der Waals surface area contributed by atoms with E-state index >= 15 is 0 Å². The number of aryl methyl sites for hydroxylation is 1. The summed E-state index contributed by atoms with van der Waals surface area (Å²) < 4.78 is 1.04. The minimum absolute atomic E-state index is 0.00381. The van der Waals surface area contributed by atoms with Gasteiger partial charge in [0.25, 0.3) is 0 Å². The number of benzene rings is 1.